The summed E-state index contributed by atoms with van der Waals surface area (Å²) in [5.41, 5.74) is 0.0875. The number of nitrogens with zero attached hydrogens (tertiary/aromatic N) is 2. The molecule has 0 radical (unpaired) electrons. The summed E-state index contributed by atoms with van der Waals surface area (Å²) in [7, 11) is 4.33. The summed E-state index contributed by atoms with van der Waals surface area (Å²) in [6.45, 7) is 14.6. The number of likely N-dealkylation sites (tertiary alicyclic amines) is 1. The van der Waals surface area contributed by atoms with Gasteiger partial charge in [-0.25, -0.2) is 24.0 Å². The summed E-state index contributed by atoms with van der Waals surface area (Å²) in [5, 5.41) is 83.7. The van der Waals surface area contributed by atoms with E-state index in [1.165, 1.54) is 53.0 Å². The third kappa shape index (κ3) is 17.8. The van der Waals surface area contributed by atoms with Crippen molar-refractivity contribution in [2.75, 3.05) is 54.1 Å². The Morgan fingerprint density at radius 2 is 1.13 bits per heavy atom. The van der Waals surface area contributed by atoms with E-state index in [1.54, 1.807) is 0 Å². The maximum Gasteiger partial charge on any atom is 0.335 e. The SMILES string of the molecule is CCN(CC)CCCN1CC(C)C(O)CC1C.COc1cc(C(=O)O)cc(OC)c1OC.O=C(O)C(O)C(O)C(=O)O.O=C(O)C(O)C(O)C(=O)O. The molecule has 20 heteroatoms. The highest BCUT2D eigenvalue weighted by molar-refractivity contribution is 5.89. The largest absolute Gasteiger partial charge is 0.493 e. The van der Waals surface area contributed by atoms with Crippen molar-refractivity contribution in [1.29, 1.82) is 0 Å². The van der Waals surface area contributed by atoms with Gasteiger partial charge in [0.25, 0.3) is 0 Å². The molecule has 0 aromatic heterocycles. The number of rotatable bonds is 16. The van der Waals surface area contributed by atoms with Gasteiger partial charge in [0, 0.05) is 12.6 Å². The zero-order chi connectivity index (χ0) is 40.9. The number of aliphatic hydroxyl groups is 5. The van der Waals surface area contributed by atoms with Crippen LogP contribution in [-0.2, 0) is 19.2 Å². The number of piperidine rings is 1. The Balaban J connectivity index is 0. The number of aliphatic carboxylic acids is 4. The van der Waals surface area contributed by atoms with Crippen LogP contribution in [0, 0.1) is 5.92 Å². The molecule has 52 heavy (non-hydrogen) atoms. The average molecular weight is 755 g/mol. The summed E-state index contributed by atoms with van der Waals surface area (Å²) < 4.78 is 15.1. The first-order chi connectivity index (χ1) is 24.1. The Bertz CT molecular complexity index is 1160. The number of hydrogen-bond acceptors (Lipinski definition) is 15. The Labute approximate surface area is 301 Å². The van der Waals surface area contributed by atoms with Crippen LogP contribution in [0.15, 0.2) is 12.1 Å². The lowest BCUT2D eigenvalue weighted by atomic mass is 9.92. The van der Waals surface area contributed by atoms with Crippen molar-refractivity contribution in [2.24, 2.45) is 5.92 Å². The van der Waals surface area contributed by atoms with Gasteiger partial charge >= 0.3 is 29.8 Å². The van der Waals surface area contributed by atoms with Crippen LogP contribution in [0.25, 0.3) is 0 Å². The molecule has 2 rings (SSSR count). The van der Waals surface area contributed by atoms with Crippen LogP contribution in [0.1, 0.15) is 50.9 Å². The topological polar surface area (TPSA) is 322 Å². The molecular weight excluding hydrogens is 700 g/mol. The number of hydrogen-bond donors (Lipinski definition) is 10. The fourth-order valence-electron chi connectivity index (χ4n) is 4.50. The van der Waals surface area contributed by atoms with Gasteiger partial charge in [0.1, 0.15) is 0 Å². The third-order valence-corrected chi connectivity index (χ3v) is 7.72. The Morgan fingerprint density at radius 3 is 1.42 bits per heavy atom. The second-order valence-electron chi connectivity index (χ2n) is 11.4. The van der Waals surface area contributed by atoms with E-state index >= 15 is 0 Å². The van der Waals surface area contributed by atoms with Gasteiger partial charge in [-0.3, -0.25) is 0 Å². The minimum atomic E-state index is -2.27. The highest BCUT2D eigenvalue weighted by Crippen LogP contribution is 2.38. The number of aromatic carboxylic acids is 1. The van der Waals surface area contributed by atoms with E-state index in [0.29, 0.717) is 29.2 Å². The maximum absolute atomic E-state index is 10.8. The molecule has 10 N–H and O–H groups in total. The molecule has 1 aliphatic rings. The number of aliphatic hydroxyl groups excluding tert-OH is 5. The number of carbonyl (C=O) groups is 5. The van der Waals surface area contributed by atoms with Crippen LogP contribution in [0.3, 0.4) is 0 Å². The molecular formula is C32H54N2O18. The first-order valence-corrected chi connectivity index (χ1v) is 16.0. The molecule has 0 aliphatic carbocycles. The standard InChI is InChI=1S/C14H30N2O.C10H12O5.2C4H6O6/c1-5-15(6-2)8-7-9-16-11-12(3)14(17)10-13(16)4;1-13-7-4-6(10(11)12)5-8(14-2)9(7)15-3;2*5-1(3(7)8)2(6)4(9)10/h12-14,17H,5-11H2,1-4H3;4-5H,1-3H3,(H,11,12);2*1-2,5-6H,(H,7,8)(H,9,10). The quantitative estimate of drug-likeness (QED) is 0.0965. The predicted octanol–water partition coefficient (Wildman–Crippen LogP) is -1.03. The lowest BCUT2D eigenvalue weighted by Gasteiger charge is -2.40. The molecule has 7 atom stereocenters. The summed E-state index contributed by atoms with van der Waals surface area (Å²) in [6, 6.07) is 3.30. The summed E-state index contributed by atoms with van der Waals surface area (Å²) in [6.07, 6.45) is -6.98. The molecule has 0 spiro atoms. The van der Waals surface area contributed by atoms with E-state index in [0.717, 1.165) is 26.1 Å². The van der Waals surface area contributed by atoms with Crippen LogP contribution < -0.4 is 14.2 Å². The minimum Gasteiger partial charge on any atom is -0.493 e. The molecule has 7 unspecified atom stereocenters. The number of carboxylic acids is 5. The molecule has 1 heterocycles. The molecule has 1 aromatic rings. The van der Waals surface area contributed by atoms with Crippen molar-refractivity contribution in [3.05, 3.63) is 17.7 Å². The highest BCUT2D eigenvalue weighted by atomic mass is 16.5. The monoisotopic (exact) mass is 754 g/mol. The van der Waals surface area contributed by atoms with E-state index < -0.39 is 54.3 Å². The van der Waals surface area contributed by atoms with Crippen LogP contribution in [0.2, 0.25) is 0 Å². The molecule has 1 aliphatic heterocycles. The van der Waals surface area contributed by atoms with Gasteiger partial charge in [0.2, 0.25) is 5.75 Å². The van der Waals surface area contributed by atoms with Crippen molar-refractivity contribution >= 4 is 29.8 Å². The zero-order valence-electron chi connectivity index (χ0n) is 30.3. The van der Waals surface area contributed by atoms with Gasteiger partial charge < -0.3 is 75.1 Å². The number of benzene rings is 1. The average Bonchev–Trinajstić information content (AvgIpc) is 3.10. The van der Waals surface area contributed by atoms with Gasteiger partial charge in [-0.05, 0) is 64.0 Å². The Kier molecular flexibility index (Phi) is 24.5. The highest BCUT2D eigenvalue weighted by Gasteiger charge is 2.31. The third-order valence-electron chi connectivity index (χ3n) is 7.72. The van der Waals surface area contributed by atoms with Crippen molar-refractivity contribution in [1.82, 2.24) is 9.80 Å². The summed E-state index contributed by atoms with van der Waals surface area (Å²) >= 11 is 0. The van der Waals surface area contributed by atoms with Crippen molar-refractivity contribution in [3.8, 4) is 17.2 Å². The van der Waals surface area contributed by atoms with E-state index in [1.807, 2.05) is 0 Å². The molecule has 0 bridgehead atoms. The Morgan fingerprint density at radius 1 is 0.750 bits per heavy atom. The molecule has 20 nitrogen and oxygen atoms in total. The molecule has 1 aromatic carbocycles. The fourth-order valence-corrected chi connectivity index (χ4v) is 4.50. The van der Waals surface area contributed by atoms with Crippen LogP contribution in [0.5, 0.6) is 17.2 Å². The first-order valence-electron chi connectivity index (χ1n) is 16.0. The van der Waals surface area contributed by atoms with Gasteiger partial charge in [-0.2, -0.15) is 0 Å². The van der Waals surface area contributed by atoms with E-state index in [9.17, 15) is 29.1 Å². The van der Waals surface area contributed by atoms with Crippen LogP contribution in [-0.4, -0.2) is 181 Å². The predicted molar refractivity (Wildman–Crippen MR) is 181 cm³/mol. The Hall–Kier alpha value is -4.31. The van der Waals surface area contributed by atoms with Gasteiger partial charge in [0.15, 0.2) is 35.9 Å². The molecule has 0 saturated carbocycles. The van der Waals surface area contributed by atoms with Crippen LogP contribution in [0.4, 0.5) is 0 Å². The van der Waals surface area contributed by atoms with E-state index in [-0.39, 0.29) is 11.7 Å². The normalized spacial score (nSPS) is 19.0. The van der Waals surface area contributed by atoms with E-state index in [2.05, 4.69) is 37.5 Å². The van der Waals surface area contributed by atoms with Gasteiger partial charge in [0.05, 0.1) is 33.0 Å². The van der Waals surface area contributed by atoms with Crippen molar-refractivity contribution in [2.45, 2.75) is 77.1 Å². The van der Waals surface area contributed by atoms with Crippen LogP contribution >= 0.6 is 0 Å². The second-order valence-corrected chi connectivity index (χ2v) is 11.4. The fraction of sp³-hybridized carbons (Fsp3) is 0.656. The lowest BCUT2D eigenvalue weighted by Crippen LogP contribution is -2.48. The summed E-state index contributed by atoms with van der Waals surface area (Å²) in [5.74, 6) is -6.66. The van der Waals surface area contributed by atoms with E-state index in [4.69, 9.17) is 60.2 Å². The molecule has 0 amide bonds. The summed E-state index contributed by atoms with van der Waals surface area (Å²) in [4.78, 5) is 54.9. The molecule has 1 saturated heterocycles. The number of carboxylic acid groups (broad SMARTS) is 5. The van der Waals surface area contributed by atoms with Crippen molar-refractivity contribution < 1.29 is 89.2 Å². The minimum absolute atomic E-state index is 0.0875. The number of methoxy groups -OCH3 is 3. The number of ether oxygens (including phenoxy) is 3. The second kappa shape index (κ2) is 25.6. The van der Waals surface area contributed by atoms with Gasteiger partial charge in [-0.1, -0.05) is 20.8 Å². The lowest BCUT2D eigenvalue weighted by molar-refractivity contribution is -0.165. The molecule has 1 fully saturated rings. The van der Waals surface area contributed by atoms with Crippen molar-refractivity contribution in [3.63, 3.8) is 0 Å². The van der Waals surface area contributed by atoms with Gasteiger partial charge in [-0.15, -0.1) is 0 Å². The molecule has 300 valence electrons. The zero-order valence-corrected chi connectivity index (χ0v) is 30.3. The first kappa shape index (κ1) is 49.8. The maximum atomic E-state index is 10.8. The smallest absolute Gasteiger partial charge is 0.335 e.